The van der Waals surface area contributed by atoms with Crippen LogP contribution in [0.25, 0.3) is 0 Å². The summed E-state index contributed by atoms with van der Waals surface area (Å²) in [7, 11) is 0. The number of allylic oxidation sites excluding steroid dienone is 1. The number of fused-ring (bicyclic) bond motifs is 1. The van der Waals surface area contributed by atoms with E-state index in [2.05, 4.69) is 6.92 Å². The fourth-order valence-electron chi connectivity index (χ4n) is 4.27. The van der Waals surface area contributed by atoms with Gasteiger partial charge in [-0.1, -0.05) is 12.5 Å². The number of hydrogen-bond acceptors (Lipinski definition) is 5. The predicted octanol–water partition coefficient (Wildman–Crippen LogP) is 3.79. The van der Waals surface area contributed by atoms with Crippen molar-refractivity contribution < 1.29 is 23.9 Å². The Bertz CT molecular complexity index is 625. The SMILES string of the molecule is CCOC(=O)C(CC1=C2CC[C@H](OC(C)(C)C)[C@@]2(C)CCC1=O)C(C)=O. The molecule has 0 aromatic carbocycles. The fraction of sp³-hybridized carbons (Fsp3) is 0.762. The molecule has 3 atom stereocenters. The van der Waals surface area contributed by atoms with Gasteiger partial charge in [-0.05, 0) is 65.9 Å². The Morgan fingerprint density at radius 2 is 1.92 bits per heavy atom. The van der Waals surface area contributed by atoms with E-state index in [0.717, 1.165) is 24.8 Å². The third-order valence-corrected chi connectivity index (χ3v) is 5.59. The molecule has 146 valence electrons. The molecule has 0 aliphatic heterocycles. The van der Waals surface area contributed by atoms with Crippen molar-refractivity contribution in [2.75, 3.05) is 6.61 Å². The van der Waals surface area contributed by atoms with Crippen LogP contribution in [0.15, 0.2) is 11.1 Å². The largest absolute Gasteiger partial charge is 0.465 e. The van der Waals surface area contributed by atoms with E-state index in [1.807, 2.05) is 20.8 Å². The molecule has 0 radical (unpaired) electrons. The molecule has 2 aliphatic carbocycles. The molecule has 0 N–H and O–H groups in total. The van der Waals surface area contributed by atoms with Gasteiger partial charge in [-0.3, -0.25) is 14.4 Å². The minimum Gasteiger partial charge on any atom is -0.465 e. The van der Waals surface area contributed by atoms with Crippen molar-refractivity contribution in [2.24, 2.45) is 11.3 Å². The average Bonchev–Trinajstić information content (AvgIpc) is 2.82. The topological polar surface area (TPSA) is 69.7 Å². The van der Waals surface area contributed by atoms with Crippen LogP contribution in [0.3, 0.4) is 0 Å². The molecule has 5 nitrogen and oxygen atoms in total. The number of ketones is 2. The van der Waals surface area contributed by atoms with Gasteiger partial charge in [-0.2, -0.15) is 0 Å². The van der Waals surface area contributed by atoms with Gasteiger partial charge in [0.1, 0.15) is 11.7 Å². The maximum absolute atomic E-state index is 12.6. The van der Waals surface area contributed by atoms with Crippen LogP contribution in [-0.4, -0.2) is 35.8 Å². The Morgan fingerprint density at radius 3 is 2.46 bits per heavy atom. The van der Waals surface area contributed by atoms with Crippen LogP contribution in [0.2, 0.25) is 0 Å². The van der Waals surface area contributed by atoms with Crippen LogP contribution in [0.5, 0.6) is 0 Å². The maximum Gasteiger partial charge on any atom is 0.316 e. The lowest BCUT2D eigenvalue weighted by Crippen LogP contribution is -2.40. The summed E-state index contributed by atoms with van der Waals surface area (Å²) in [6, 6.07) is 0. The molecule has 0 bridgehead atoms. The monoisotopic (exact) mass is 364 g/mol. The number of esters is 1. The van der Waals surface area contributed by atoms with Crippen molar-refractivity contribution in [3.05, 3.63) is 11.1 Å². The van der Waals surface area contributed by atoms with E-state index in [1.54, 1.807) is 6.92 Å². The molecule has 1 saturated carbocycles. The van der Waals surface area contributed by atoms with Gasteiger partial charge in [0.05, 0.1) is 18.3 Å². The Balaban J connectivity index is 2.35. The van der Waals surface area contributed by atoms with Gasteiger partial charge < -0.3 is 9.47 Å². The third kappa shape index (κ3) is 4.25. The first kappa shape index (κ1) is 20.8. The van der Waals surface area contributed by atoms with Gasteiger partial charge in [0.15, 0.2) is 5.78 Å². The Hall–Kier alpha value is -1.49. The lowest BCUT2D eigenvalue weighted by Gasteiger charge is -2.40. The molecule has 0 aromatic heterocycles. The van der Waals surface area contributed by atoms with Crippen molar-refractivity contribution in [2.45, 2.75) is 85.4 Å². The molecule has 0 spiro atoms. The molecule has 0 heterocycles. The number of Topliss-reactive ketones (excluding diaryl/α,β-unsaturated/α-hetero) is 2. The standard InChI is InChI=1S/C21H32O5/c1-7-25-19(24)14(13(2)22)12-15-16-8-9-18(26-20(3,4)5)21(16,6)11-10-17(15)23/h14,18H,7-12H2,1-6H3/t14?,18-,21-/m0/s1. The van der Waals surface area contributed by atoms with Gasteiger partial charge in [0, 0.05) is 11.8 Å². The first-order valence-corrected chi connectivity index (χ1v) is 9.60. The first-order chi connectivity index (χ1) is 12.0. The summed E-state index contributed by atoms with van der Waals surface area (Å²) >= 11 is 0. The summed E-state index contributed by atoms with van der Waals surface area (Å²) in [6.07, 6.45) is 3.05. The summed E-state index contributed by atoms with van der Waals surface area (Å²) in [5.74, 6) is -1.62. The molecule has 5 heteroatoms. The van der Waals surface area contributed by atoms with Crippen molar-refractivity contribution in [1.29, 1.82) is 0 Å². The average molecular weight is 364 g/mol. The summed E-state index contributed by atoms with van der Waals surface area (Å²) in [4.78, 5) is 36.8. The van der Waals surface area contributed by atoms with E-state index >= 15 is 0 Å². The highest BCUT2D eigenvalue weighted by molar-refractivity contribution is 6.02. The van der Waals surface area contributed by atoms with E-state index < -0.39 is 11.9 Å². The minimum absolute atomic E-state index is 0.0546. The highest BCUT2D eigenvalue weighted by Gasteiger charge is 2.49. The number of carbonyl (C=O) groups is 3. The van der Waals surface area contributed by atoms with Crippen LogP contribution in [-0.2, 0) is 23.9 Å². The van der Waals surface area contributed by atoms with E-state index in [-0.39, 0.29) is 41.7 Å². The van der Waals surface area contributed by atoms with Gasteiger partial charge in [0.2, 0.25) is 0 Å². The number of ether oxygens (including phenoxy) is 2. The maximum atomic E-state index is 12.6. The number of rotatable bonds is 6. The number of carbonyl (C=O) groups excluding carboxylic acids is 3. The molecule has 1 unspecified atom stereocenters. The highest BCUT2D eigenvalue weighted by Crippen LogP contribution is 2.53. The van der Waals surface area contributed by atoms with E-state index in [9.17, 15) is 14.4 Å². The van der Waals surface area contributed by atoms with Gasteiger partial charge in [0.25, 0.3) is 0 Å². The van der Waals surface area contributed by atoms with Crippen molar-refractivity contribution in [1.82, 2.24) is 0 Å². The molecule has 1 fully saturated rings. The summed E-state index contributed by atoms with van der Waals surface area (Å²) in [5.41, 5.74) is 1.29. The van der Waals surface area contributed by atoms with Gasteiger partial charge >= 0.3 is 5.97 Å². The van der Waals surface area contributed by atoms with Crippen molar-refractivity contribution in [3.63, 3.8) is 0 Å². The molecule has 0 amide bonds. The fourth-order valence-corrected chi connectivity index (χ4v) is 4.27. The van der Waals surface area contributed by atoms with E-state index in [1.165, 1.54) is 6.92 Å². The van der Waals surface area contributed by atoms with Crippen LogP contribution in [0, 0.1) is 11.3 Å². The van der Waals surface area contributed by atoms with Crippen LogP contribution >= 0.6 is 0 Å². The summed E-state index contributed by atoms with van der Waals surface area (Å²) in [6.45, 7) is 11.6. The zero-order valence-corrected chi connectivity index (χ0v) is 16.9. The smallest absolute Gasteiger partial charge is 0.316 e. The van der Waals surface area contributed by atoms with Crippen molar-refractivity contribution >= 4 is 17.5 Å². The van der Waals surface area contributed by atoms with E-state index in [0.29, 0.717) is 12.0 Å². The molecule has 2 rings (SSSR count). The lowest BCUT2D eigenvalue weighted by molar-refractivity contribution is -0.151. The third-order valence-electron chi connectivity index (χ3n) is 5.59. The van der Waals surface area contributed by atoms with Gasteiger partial charge in [-0.25, -0.2) is 0 Å². The molecular formula is C21H32O5. The second-order valence-corrected chi connectivity index (χ2v) is 8.67. The first-order valence-electron chi connectivity index (χ1n) is 9.60. The summed E-state index contributed by atoms with van der Waals surface area (Å²) < 4.78 is 11.3. The second kappa shape index (κ2) is 7.63. The highest BCUT2D eigenvalue weighted by atomic mass is 16.5. The zero-order chi connectivity index (χ0) is 19.7. The molecule has 26 heavy (non-hydrogen) atoms. The minimum atomic E-state index is -0.897. The van der Waals surface area contributed by atoms with Crippen LogP contribution in [0.4, 0.5) is 0 Å². The van der Waals surface area contributed by atoms with Crippen LogP contribution < -0.4 is 0 Å². The molecule has 0 saturated heterocycles. The van der Waals surface area contributed by atoms with Gasteiger partial charge in [-0.15, -0.1) is 0 Å². The lowest BCUT2D eigenvalue weighted by atomic mass is 9.69. The zero-order valence-electron chi connectivity index (χ0n) is 16.9. The van der Waals surface area contributed by atoms with Crippen LogP contribution in [0.1, 0.15) is 73.6 Å². The Kier molecular flexibility index (Phi) is 6.11. The summed E-state index contributed by atoms with van der Waals surface area (Å²) in [5, 5.41) is 0. The predicted molar refractivity (Wildman–Crippen MR) is 98.7 cm³/mol. The Labute approximate surface area is 156 Å². The number of hydrogen-bond donors (Lipinski definition) is 0. The quantitative estimate of drug-likeness (QED) is 0.530. The van der Waals surface area contributed by atoms with E-state index in [4.69, 9.17) is 9.47 Å². The second-order valence-electron chi connectivity index (χ2n) is 8.67. The normalized spacial score (nSPS) is 27.3. The molecule has 0 aromatic rings. The molecule has 2 aliphatic rings. The Morgan fingerprint density at radius 1 is 1.27 bits per heavy atom. The van der Waals surface area contributed by atoms with Crippen molar-refractivity contribution in [3.8, 4) is 0 Å². The molecular weight excluding hydrogens is 332 g/mol.